The summed E-state index contributed by atoms with van der Waals surface area (Å²) in [7, 11) is 0. The van der Waals surface area contributed by atoms with Crippen LogP contribution in [-0.2, 0) is 0 Å². The van der Waals surface area contributed by atoms with Crippen LogP contribution < -0.4 is 4.90 Å². The Morgan fingerprint density at radius 1 is 0.372 bits per heavy atom. The van der Waals surface area contributed by atoms with Gasteiger partial charge in [0.2, 0.25) is 0 Å². The van der Waals surface area contributed by atoms with Crippen molar-refractivity contribution >= 4 is 71.7 Å². The van der Waals surface area contributed by atoms with Crippen LogP contribution >= 0.6 is 0 Å². The van der Waals surface area contributed by atoms with Crippen molar-refractivity contribution in [2.45, 2.75) is 0 Å². The Balaban J connectivity index is 1.30. The molecule has 0 atom stereocenters. The molecule has 0 aliphatic heterocycles. The first kappa shape index (κ1) is 23.9. The molecule has 0 spiro atoms. The predicted molar refractivity (Wildman–Crippen MR) is 179 cm³/mol. The Kier molecular flexibility index (Phi) is 5.20. The van der Waals surface area contributed by atoms with Gasteiger partial charge in [0.05, 0.1) is 11.1 Å². The molecule has 3 nitrogen and oxygen atoms in total. The molecule has 0 radical (unpaired) electrons. The fourth-order valence-electron chi connectivity index (χ4n) is 6.42. The van der Waals surface area contributed by atoms with E-state index < -0.39 is 0 Å². The van der Waals surface area contributed by atoms with Gasteiger partial charge in [0.15, 0.2) is 0 Å². The molecular formula is C40H25NO2. The summed E-state index contributed by atoms with van der Waals surface area (Å²) in [5, 5.41) is 6.85. The van der Waals surface area contributed by atoms with E-state index >= 15 is 0 Å². The van der Waals surface area contributed by atoms with Gasteiger partial charge < -0.3 is 13.7 Å². The fourth-order valence-corrected chi connectivity index (χ4v) is 6.42. The van der Waals surface area contributed by atoms with Crippen LogP contribution in [0.2, 0.25) is 0 Å². The molecule has 0 aliphatic rings. The van der Waals surface area contributed by atoms with Crippen molar-refractivity contribution in [3.8, 4) is 11.1 Å². The summed E-state index contributed by atoms with van der Waals surface area (Å²) >= 11 is 0. The van der Waals surface area contributed by atoms with Crippen LogP contribution in [0.5, 0.6) is 0 Å². The normalized spacial score (nSPS) is 11.7. The van der Waals surface area contributed by atoms with Crippen LogP contribution in [0, 0.1) is 0 Å². The molecule has 9 aromatic rings. The van der Waals surface area contributed by atoms with Crippen molar-refractivity contribution in [3.63, 3.8) is 0 Å². The van der Waals surface area contributed by atoms with Gasteiger partial charge in [-0.3, -0.25) is 0 Å². The molecule has 0 aliphatic carbocycles. The Bertz CT molecular complexity index is 2480. The zero-order valence-corrected chi connectivity index (χ0v) is 23.2. The van der Waals surface area contributed by atoms with Gasteiger partial charge in [0, 0.05) is 27.5 Å². The van der Waals surface area contributed by atoms with E-state index in [0.717, 1.165) is 66.5 Å². The molecule has 0 saturated carbocycles. The number of hydrogen-bond acceptors (Lipinski definition) is 3. The van der Waals surface area contributed by atoms with E-state index in [0.29, 0.717) is 0 Å². The van der Waals surface area contributed by atoms with Crippen LogP contribution in [0.25, 0.3) is 65.8 Å². The van der Waals surface area contributed by atoms with Crippen LogP contribution in [0.4, 0.5) is 17.1 Å². The lowest BCUT2D eigenvalue weighted by Crippen LogP contribution is -2.10. The lowest BCUT2D eigenvalue weighted by atomic mass is 10.00. The average molecular weight is 552 g/mol. The third-order valence-corrected chi connectivity index (χ3v) is 8.43. The number of fused-ring (bicyclic) bond motifs is 7. The molecular weight excluding hydrogens is 526 g/mol. The van der Waals surface area contributed by atoms with Crippen molar-refractivity contribution in [3.05, 3.63) is 152 Å². The summed E-state index contributed by atoms with van der Waals surface area (Å²) < 4.78 is 12.5. The van der Waals surface area contributed by atoms with Gasteiger partial charge in [0.25, 0.3) is 0 Å². The number of benzene rings is 7. The molecule has 2 aromatic heterocycles. The lowest BCUT2D eigenvalue weighted by molar-refractivity contribution is 0.668. The first-order chi connectivity index (χ1) is 21.3. The van der Waals surface area contributed by atoms with Crippen LogP contribution in [0.3, 0.4) is 0 Å². The Labute approximate surface area is 247 Å². The lowest BCUT2D eigenvalue weighted by Gasteiger charge is -2.27. The van der Waals surface area contributed by atoms with Crippen molar-refractivity contribution in [1.29, 1.82) is 0 Å². The van der Waals surface area contributed by atoms with Gasteiger partial charge in [-0.1, -0.05) is 91.0 Å². The quantitative estimate of drug-likeness (QED) is 0.218. The summed E-state index contributed by atoms with van der Waals surface area (Å²) in [6, 6.07) is 53.3. The third kappa shape index (κ3) is 3.83. The maximum Gasteiger partial charge on any atom is 0.137 e. The van der Waals surface area contributed by atoms with E-state index in [1.165, 1.54) is 16.3 Å². The minimum absolute atomic E-state index is 0.865. The Morgan fingerprint density at radius 2 is 1.02 bits per heavy atom. The average Bonchev–Trinajstić information content (AvgIpc) is 3.63. The third-order valence-electron chi connectivity index (χ3n) is 8.43. The second kappa shape index (κ2) is 9.37. The second-order valence-electron chi connectivity index (χ2n) is 11.0. The SMILES string of the molecule is c1cc(-c2ccc3ccccc3c2)cc(N(c2ccc3oc4ccccc4c3c2)c2cccc3oc4ccccc4c23)c1. The second-order valence-corrected chi connectivity index (χ2v) is 11.0. The van der Waals surface area contributed by atoms with E-state index in [9.17, 15) is 0 Å². The molecule has 3 heteroatoms. The molecule has 0 N–H and O–H groups in total. The molecule has 0 unspecified atom stereocenters. The first-order valence-electron chi connectivity index (χ1n) is 14.5. The van der Waals surface area contributed by atoms with Gasteiger partial charge in [-0.2, -0.15) is 0 Å². The highest BCUT2D eigenvalue weighted by Gasteiger charge is 2.21. The molecule has 2 heterocycles. The molecule has 202 valence electrons. The van der Waals surface area contributed by atoms with Gasteiger partial charge >= 0.3 is 0 Å². The molecule has 7 aromatic carbocycles. The number of nitrogens with zero attached hydrogens (tertiary/aromatic N) is 1. The summed E-state index contributed by atoms with van der Waals surface area (Å²) in [5.74, 6) is 0. The number of hydrogen-bond donors (Lipinski definition) is 0. The zero-order chi connectivity index (χ0) is 28.3. The highest BCUT2D eigenvalue weighted by Crippen LogP contribution is 2.45. The van der Waals surface area contributed by atoms with Gasteiger partial charge in [-0.15, -0.1) is 0 Å². The Morgan fingerprint density at radius 3 is 1.93 bits per heavy atom. The summed E-state index contributed by atoms with van der Waals surface area (Å²) in [6.45, 7) is 0. The molecule has 0 bridgehead atoms. The molecule has 0 fully saturated rings. The molecule has 9 rings (SSSR count). The van der Waals surface area contributed by atoms with Crippen molar-refractivity contribution in [1.82, 2.24) is 0 Å². The van der Waals surface area contributed by atoms with E-state index in [1.807, 2.05) is 24.3 Å². The highest BCUT2D eigenvalue weighted by atomic mass is 16.3. The first-order valence-corrected chi connectivity index (χ1v) is 14.5. The predicted octanol–water partition coefficient (Wildman–Crippen LogP) is 11.8. The molecule has 0 saturated heterocycles. The van der Waals surface area contributed by atoms with Gasteiger partial charge in [-0.05, 0) is 82.6 Å². The van der Waals surface area contributed by atoms with Crippen molar-refractivity contribution < 1.29 is 8.83 Å². The zero-order valence-electron chi connectivity index (χ0n) is 23.2. The highest BCUT2D eigenvalue weighted by molar-refractivity contribution is 6.14. The largest absolute Gasteiger partial charge is 0.456 e. The summed E-state index contributed by atoms with van der Waals surface area (Å²) in [4.78, 5) is 2.34. The van der Waals surface area contributed by atoms with Crippen LogP contribution in [-0.4, -0.2) is 0 Å². The maximum absolute atomic E-state index is 6.32. The maximum atomic E-state index is 6.32. The molecule has 0 amide bonds. The van der Waals surface area contributed by atoms with Gasteiger partial charge in [-0.25, -0.2) is 0 Å². The van der Waals surface area contributed by atoms with E-state index in [4.69, 9.17) is 8.83 Å². The monoisotopic (exact) mass is 551 g/mol. The Hall–Kier alpha value is -5.80. The van der Waals surface area contributed by atoms with Gasteiger partial charge in [0.1, 0.15) is 22.3 Å². The number of anilines is 3. The minimum Gasteiger partial charge on any atom is -0.456 e. The number of para-hydroxylation sites is 2. The minimum atomic E-state index is 0.865. The number of rotatable bonds is 4. The standard InChI is InChI=1S/C40H25NO2/c1-2-10-27-23-29(20-19-26(27)9-1)28-11-7-12-30(24-28)41(31-21-22-38-34(25-31)32-13-3-5-16-36(32)42-38)35-15-8-18-39-40(35)33-14-4-6-17-37(33)43-39/h1-25H. The van der Waals surface area contributed by atoms with E-state index in [2.05, 4.69) is 132 Å². The van der Waals surface area contributed by atoms with Crippen LogP contribution in [0.15, 0.2) is 160 Å². The van der Waals surface area contributed by atoms with E-state index in [1.54, 1.807) is 0 Å². The fraction of sp³-hybridized carbons (Fsp3) is 0. The summed E-state index contributed by atoms with van der Waals surface area (Å²) in [5.41, 5.74) is 9.03. The van der Waals surface area contributed by atoms with Crippen molar-refractivity contribution in [2.24, 2.45) is 0 Å². The smallest absolute Gasteiger partial charge is 0.137 e. The topological polar surface area (TPSA) is 29.5 Å². The van der Waals surface area contributed by atoms with Crippen molar-refractivity contribution in [2.75, 3.05) is 4.90 Å². The molecule has 43 heavy (non-hydrogen) atoms. The van der Waals surface area contributed by atoms with E-state index in [-0.39, 0.29) is 0 Å². The summed E-state index contributed by atoms with van der Waals surface area (Å²) in [6.07, 6.45) is 0. The van der Waals surface area contributed by atoms with Crippen LogP contribution in [0.1, 0.15) is 0 Å². The number of furan rings is 2.